The van der Waals surface area contributed by atoms with Crippen molar-refractivity contribution in [3.05, 3.63) is 35.4 Å². The molecule has 5 saturated carbocycles. The van der Waals surface area contributed by atoms with Gasteiger partial charge in [0.15, 0.2) is 0 Å². The first-order valence-corrected chi connectivity index (χ1v) is 11.4. The van der Waals surface area contributed by atoms with Crippen LogP contribution in [-0.2, 0) is 16.1 Å². The summed E-state index contributed by atoms with van der Waals surface area (Å²) in [7, 11) is 0. The Kier molecular flexibility index (Phi) is 5.06. The second-order valence-electron chi connectivity index (χ2n) is 10.2. The average molecular weight is 417 g/mol. The molecule has 0 spiro atoms. The molecular formula is C24H30F2N2O2. The highest BCUT2D eigenvalue weighted by molar-refractivity contribution is 5.84. The Morgan fingerprint density at radius 1 is 1.00 bits per heavy atom. The van der Waals surface area contributed by atoms with E-state index in [-0.39, 0.29) is 41.8 Å². The van der Waals surface area contributed by atoms with Crippen molar-refractivity contribution in [2.45, 2.75) is 70.4 Å². The van der Waals surface area contributed by atoms with Crippen LogP contribution < -0.4 is 5.32 Å². The lowest BCUT2D eigenvalue weighted by atomic mass is 9.49. The Bertz CT molecular complexity index is 796. The Hall–Kier alpha value is -1.98. The van der Waals surface area contributed by atoms with Gasteiger partial charge in [-0.3, -0.25) is 9.59 Å². The van der Waals surface area contributed by atoms with Gasteiger partial charge in [0.1, 0.15) is 11.6 Å². The third-order valence-corrected chi connectivity index (χ3v) is 7.84. The molecule has 0 radical (unpaired) electrons. The highest BCUT2D eigenvalue weighted by atomic mass is 19.1. The maximum Gasteiger partial charge on any atom is 0.226 e. The molecule has 6 heteroatoms. The molecule has 1 N–H and O–H groups in total. The molecule has 1 aromatic rings. The summed E-state index contributed by atoms with van der Waals surface area (Å²) >= 11 is 0. The van der Waals surface area contributed by atoms with Crippen molar-refractivity contribution < 1.29 is 18.4 Å². The number of hydrogen-bond donors (Lipinski definition) is 1. The van der Waals surface area contributed by atoms with Crippen molar-refractivity contribution in [1.82, 2.24) is 10.2 Å². The molecular weight excluding hydrogens is 386 g/mol. The average Bonchev–Trinajstić information content (AvgIpc) is 3.51. The molecule has 0 aromatic heterocycles. The number of benzene rings is 1. The van der Waals surface area contributed by atoms with Crippen molar-refractivity contribution in [2.24, 2.45) is 23.2 Å². The van der Waals surface area contributed by atoms with E-state index >= 15 is 0 Å². The lowest BCUT2D eigenvalue weighted by molar-refractivity contribution is -0.146. The van der Waals surface area contributed by atoms with Crippen molar-refractivity contribution >= 4 is 11.8 Å². The number of carbonyl (C=O) groups excluding carboxylic acids is 2. The lowest BCUT2D eigenvalue weighted by Gasteiger charge is -2.55. The van der Waals surface area contributed by atoms with E-state index in [0.717, 1.165) is 32.1 Å². The highest BCUT2D eigenvalue weighted by Crippen LogP contribution is 2.60. The second-order valence-corrected chi connectivity index (χ2v) is 10.2. The van der Waals surface area contributed by atoms with Crippen LogP contribution in [0, 0.1) is 34.8 Å². The van der Waals surface area contributed by atoms with Crippen LogP contribution in [0.15, 0.2) is 18.2 Å². The normalized spacial score (nSPS) is 31.6. The van der Waals surface area contributed by atoms with Crippen LogP contribution in [0.25, 0.3) is 0 Å². The standard InChI is InChI=1S/C24H30F2N2O2/c25-20-2-1-3-21(26)19(20)14-28(18-4-5-18)22(29)6-7-27-23(30)24-11-15-8-16(12-24)10-17(9-15)13-24/h1-3,15-18H,4-14H2,(H,27,30). The molecule has 6 rings (SSSR count). The summed E-state index contributed by atoms with van der Waals surface area (Å²) in [5.41, 5.74) is -0.278. The van der Waals surface area contributed by atoms with E-state index in [0.29, 0.717) is 24.3 Å². The molecule has 5 aliphatic carbocycles. The van der Waals surface area contributed by atoms with E-state index in [9.17, 15) is 18.4 Å². The van der Waals surface area contributed by atoms with E-state index in [1.54, 1.807) is 4.90 Å². The fourth-order valence-corrected chi connectivity index (χ4v) is 6.66. The SMILES string of the molecule is O=C(CCNC(=O)C12CC3CC(CC(C3)C1)C2)N(Cc1c(F)cccc1F)C1CC1. The molecule has 0 atom stereocenters. The minimum absolute atomic E-state index is 0.0507. The topological polar surface area (TPSA) is 49.4 Å². The zero-order chi connectivity index (χ0) is 20.9. The first kappa shape index (κ1) is 20.0. The van der Waals surface area contributed by atoms with Crippen molar-refractivity contribution in [2.75, 3.05) is 6.54 Å². The third-order valence-electron chi connectivity index (χ3n) is 7.84. The van der Waals surface area contributed by atoms with Gasteiger partial charge in [-0.05, 0) is 81.3 Å². The van der Waals surface area contributed by atoms with Gasteiger partial charge >= 0.3 is 0 Å². The molecule has 1 aromatic carbocycles. The predicted octanol–water partition coefficient (Wildman–Crippen LogP) is 4.18. The summed E-state index contributed by atoms with van der Waals surface area (Å²) in [6.07, 6.45) is 8.75. The van der Waals surface area contributed by atoms with E-state index in [4.69, 9.17) is 0 Å². The largest absolute Gasteiger partial charge is 0.355 e. The van der Waals surface area contributed by atoms with Crippen LogP contribution in [0.1, 0.15) is 63.4 Å². The van der Waals surface area contributed by atoms with Gasteiger partial charge in [-0.1, -0.05) is 6.07 Å². The van der Waals surface area contributed by atoms with Crippen LogP contribution in [0.3, 0.4) is 0 Å². The molecule has 4 bridgehead atoms. The van der Waals surface area contributed by atoms with E-state index in [1.807, 2.05) is 0 Å². The monoisotopic (exact) mass is 416 g/mol. The number of nitrogens with zero attached hydrogens (tertiary/aromatic N) is 1. The zero-order valence-electron chi connectivity index (χ0n) is 17.3. The zero-order valence-corrected chi connectivity index (χ0v) is 17.3. The molecule has 2 amide bonds. The van der Waals surface area contributed by atoms with Crippen molar-refractivity contribution in [3.8, 4) is 0 Å². The van der Waals surface area contributed by atoms with Gasteiger partial charge in [0, 0.05) is 30.0 Å². The fraction of sp³-hybridized carbons (Fsp3) is 0.667. The Morgan fingerprint density at radius 2 is 1.57 bits per heavy atom. The number of carbonyl (C=O) groups is 2. The molecule has 0 unspecified atom stereocenters. The molecule has 0 saturated heterocycles. The van der Waals surface area contributed by atoms with Crippen LogP contribution in [0.2, 0.25) is 0 Å². The van der Waals surface area contributed by atoms with Crippen LogP contribution in [-0.4, -0.2) is 29.3 Å². The summed E-state index contributed by atoms with van der Waals surface area (Å²) < 4.78 is 28.1. The fourth-order valence-electron chi connectivity index (χ4n) is 6.66. The first-order chi connectivity index (χ1) is 14.4. The summed E-state index contributed by atoms with van der Waals surface area (Å²) in [5.74, 6) is 0.824. The molecule has 0 aliphatic heterocycles. The van der Waals surface area contributed by atoms with Crippen molar-refractivity contribution in [3.63, 3.8) is 0 Å². The van der Waals surface area contributed by atoms with Gasteiger partial charge in [0.25, 0.3) is 0 Å². The quantitative estimate of drug-likeness (QED) is 0.725. The summed E-state index contributed by atoms with van der Waals surface area (Å²) in [6.45, 7) is 0.243. The van der Waals surface area contributed by atoms with Crippen LogP contribution in [0.4, 0.5) is 8.78 Å². The number of nitrogens with one attached hydrogen (secondary N) is 1. The number of rotatable bonds is 7. The van der Waals surface area contributed by atoms with Crippen LogP contribution >= 0.6 is 0 Å². The van der Waals surface area contributed by atoms with Gasteiger partial charge in [-0.15, -0.1) is 0 Å². The lowest BCUT2D eigenvalue weighted by Crippen LogP contribution is -2.53. The molecule has 4 nitrogen and oxygen atoms in total. The van der Waals surface area contributed by atoms with Gasteiger partial charge in [-0.25, -0.2) is 8.78 Å². The Balaban J connectivity index is 1.18. The van der Waals surface area contributed by atoms with Gasteiger partial charge < -0.3 is 10.2 Å². The summed E-state index contributed by atoms with van der Waals surface area (Å²) in [5, 5.41) is 3.04. The van der Waals surface area contributed by atoms with Crippen LogP contribution in [0.5, 0.6) is 0 Å². The third kappa shape index (κ3) is 3.74. The van der Waals surface area contributed by atoms with Gasteiger partial charge in [0.2, 0.25) is 11.8 Å². The molecule has 162 valence electrons. The maximum atomic E-state index is 14.0. The smallest absolute Gasteiger partial charge is 0.226 e. The van der Waals surface area contributed by atoms with E-state index < -0.39 is 11.6 Å². The molecule has 0 heterocycles. The number of halogens is 2. The van der Waals surface area contributed by atoms with Gasteiger partial charge in [0.05, 0.1) is 6.54 Å². The highest BCUT2D eigenvalue weighted by Gasteiger charge is 2.54. The number of hydrogen-bond acceptors (Lipinski definition) is 2. The summed E-state index contributed by atoms with van der Waals surface area (Å²) in [6, 6.07) is 3.83. The van der Waals surface area contributed by atoms with E-state index in [2.05, 4.69) is 5.32 Å². The molecule has 5 aliphatic rings. The Morgan fingerprint density at radius 3 is 2.10 bits per heavy atom. The minimum atomic E-state index is -0.622. The molecule has 30 heavy (non-hydrogen) atoms. The van der Waals surface area contributed by atoms with Crippen molar-refractivity contribution in [1.29, 1.82) is 0 Å². The minimum Gasteiger partial charge on any atom is -0.355 e. The Labute approximate surface area is 176 Å². The van der Waals surface area contributed by atoms with Gasteiger partial charge in [-0.2, -0.15) is 0 Å². The van der Waals surface area contributed by atoms with E-state index in [1.165, 1.54) is 37.5 Å². The molecule has 5 fully saturated rings. The maximum absolute atomic E-state index is 14.0. The second kappa shape index (κ2) is 7.61. The first-order valence-electron chi connectivity index (χ1n) is 11.4. The number of amides is 2. The predicted molar refractivity (Wildman–Crippen MR) is 108 cm³/mol. The summed E-state index contributed by atoms with van der Waals surface area (Å²) in [4.78, 5) is 27.4.